The lowest BCUT2D eigenvalue weighted by Gasteiger charge is -2.09. The van der Waals surface area contributed by atoms with Crippen LogP contribution < -0.4 is 15.4 Å². The highest BCUT2D eigenvalue weighted by Crippen LogP contribution is 2.21. The number of rotatable bonds is 7. The van der Waals surface area contributed by atoms with E-state index >= 15 is 0 Å². The largest absolute Gasteiger partial charge is 0.496 e. The van der Waals surface area contributed by atoms with E-state index in [0.717, 1.165) is 23.4 Å². The smallest absolute Gasteiger partial charge is 0.271 e. The predicted molar refractivity (Wildman–Crippen MR) is 101 cm³/mol. The maximum atomic E-state index is 13.7. The zero-order chi connectivity index (χ0) is 19.9. The van der Waals surface area contributed by atoms with Crippen LogP contribution in [0.3, 0.4) is 0 Å². The van der Waals surface area contributed by atoms with Crippen LogP contribution in [0.25, 0.3) is 0 Å². The SMILES string of the molecule is COc1ccccc1CCNC(=O)c1ccc(Nc2c(F)cccc2F)nn1. The van der Waals surface area contributed by atoms with E-state index in [0.29, 0.717) is 13.0 Å². The van der Waals surface area contributed by atoms with Crippen LogP contribution >= 0.6 is 0 Å². The third-order valence-electron chi connectivity index (χ3n) is 3.99. The summed E-state index contributed by atoms with van der Waals surface area (Å²) in [4.78, 5) is 12.2. The molecule has 28 heavy (non-hydrogen) atoms. The Balaban J connectivity index is 1.58. The van der Waals surface area contributed by atoms with Crippen LogP contribution in [0, 0.1) is 11.6 Å². The van der Waals surface area contributed by atoms with Gasteiger partial charge in [-0.1, -0.05) is 24.3 Å². The quantitative estimate of drug-likeness (QED) is 0.652. The highest BCUT2D eigenvalue weighted by Gasteiger charge is 2.12. The van der Waals surface area contributed by atoms with E-state index in [9.17, 15) is 13.6 Å². The highest BCUT2D eigenvalue weighted by molar-refractivity contribution is 5.92. The monoisotopic (exact) mass is 384 g/mol. The lowest BCUT2D eigenvalue weighted by molar-refractivity contribution is 0.0948. The number of hydrogen-bond acceptors (Lipinski definition) is 5. The molecule has 144 valence electrons. The molecule has 0 bridgehead atoms. The van der Waals surface area contributed by atoms with Gasteiger partial charge in [-0.15, -0.1) is 10.2 Å². The topological polar surface area (TPSA) is 76.1 Å². The van der Waals surface area contributed by atoms with Gasteiger partial charge in [0.05, 0.1) is 7.11 Å². The molecule has 1 aromatic heterocycles. The van der Waals surface area contributed by atoms with Gasteiger partial charge < -0.3 is 15.4 Å². The minimum Gasteiger partial charge on any atom is -0.496 e. The van der Waals surface area contributed by atoms with Crippen molar-refractivity contribution in [1.82, 2.24) is 15.5 Å². The maximum absolute atomic E-state index is 13.7. The number of amides is 1. The van der Waals surface area contributed by atoms with Crippen LogP contribution in [0.2, 0.25) is 0 Å². The van der Waals surface area contributed by atoms with Gasteiger partial charge in [0.15, 0.2) is 11.5 Å². The van der Waals surface area contributed by atoms with E-state index in [2.05, 4.69) is 20.8 Å². The first-order valence-corrected chi connectivity index (χ1v) is 8.53. The van der Waals surface area contributed by atoms with E-state index < -0.39 is 17.5 Å². The summed E-state index contributed by atoms with van der Waals surface area (Å²) in [6, 6.07) is 13.9. The van der Waals surface area contributed by atoms with Crippen molar-refractivity contribution >= 4 is 17.4 Å². The summed E-state index contributed by atoms with van der Waals surface area (Å²) in [5.74, 6) is -1.02. The zero-order valence-electron chi connectivity index (χ0n) is 15.1. The fourth-order valence-corrected chi connectivity index (χ4v) is 2.58. The summed E-state index contributed by atoms with van der Waals surface area (Å²) >= 11 is 0. The summed E-state index contributed by atoms with van der Waals surface area (Å²) in [5, 5.41) is 12.9. The molecule has 0 aliphatic rings. The molecule has 3 rings (SSSR count). The molecular formula is C20H18F2N4O2. The number of ether oxygens (including phenoxy) is 1. The van der Waals surface area contributed by atoms with E-state index in [1.165, 1.54) is 18.2 Å². The number of para-hydroxylation sites is 2. The molecule has 2 aromatic carbocycles. The first-order valence-electron chi connectivity index (χ1n) is 8.53. The van der Waals surface area contributed by atoms with Gasteiger partial charge in [0, 0.05) is 6.54 Å². The number of nitrogens with one attached hydrogen (secondary N) is 2. The third kappa shape index (κ3) is 4.59. The molecule has 3 aromatic rings. The molecule has 0 fully saturated rings. The Morgan fingerprint density at radius 2 is 1.75 bits per heavy atom. The van der Waals surface area contributed by atoms with Crippen molar-refractivity contribution in [2.75, 3.05) is 19.0 Å². The highest BCUT2D eigenvalue weighted by atomic mass is 19.1. The van der Waals surface area contributed by atoms with Crippen molar-refractivity contribution in [2.24, 2.45) is 0 Å². The molecule has 0 unspecified atom stereocenters. The summed E-state index contributed by atoms with van der Waals surface area (Å²) in [6.45, 7) is 0.390. The van der Waals surface area contributed by atoms with Gasteiger partial charge in [0.2, 0.25) is 0 Å². The van der Waals surface area contributed by atoms with E-state index in [1.54, 1.807) is 7.11 Å². The van der Waals surface area contributed by atoms with Crippen LogP contribution in [0.5, 0.6) is 5.75 Å². The predicted octanol–water partition coefficient (Wildman–Crippen LogP) is 3.48. The van der Waals surface area contributed by atoms with Crippen LogP contribution in [0.4, 0.5) is 20.3 Å². The molecule has 0 aliphatic heterocycles. The number of aromatic nitrogens is 2. The lowest BCUT2D eigenvalue weighted by atomic mass is 10.1. The first kappa shape index (κ1) is 19.2. The van der Waals surface area contributed by atoms with Crippen molar-refractivity contribution in [3.05, 3.63) is 77.5 Å². The van der Waals surface area contributed by atoms with Crippen molar-refractivity contribution in [3.8, 4) is 5.75 Å². The molecule has 0 radical (unpaired) electrons. The molecule has 8 heteroatoms. The number of nitrogens with zero attached hydrogens (tertiary/aromatic N) is 2. The minimum atomic E-state index is -0.750. The van der Waals surface area contributed by atoms with Crippen molar-refractivity contribution in [1.29, 1.82) is 0 Å². The number of hydrogen-bond donors (Lipinski definition) is 2. The van der Waals surface area contributed by atoms with Gasteiger partial charge in [-0.25, -0.2) is 8.78 Å². The average molecular weight is 384 g/mol. The second-order valence-electron chi connectivity index (χ2n) is 5.84. The van der Waals surface area contributed by atoms with E-state index in [-0.39, 0.29) is 17.2 Å². The number of carbonyl (C=O) groups is 1. The number of halogens is 2. The maximum Gasteiger partial charge on any atom is 0.271 e. The number of anilines is 2. The molecule has 6 nitrogen and oxygen atoms in total. The molecule has 0 saturated carbocycles. The van der Waals surface area contributed by atoms with Crippen LogP contribution in [-0.4, -0.2) is 29.8 Å². The third-order valence-corrected chi connectivity index (χ3v) is 3.99. The Morgan fingerprint density at radius 3 is 2.43 bits per heavy atom. The molecule has 1 heterocycles. The molecule has 0 saturated heterocycles. The fraction of sp³-hybridized carbons (Fsp3) is 0.150. The minimum absolute atomic E-state index is 0.0968. The van der Waals surface area contributed by atoms with E-state index in [4.69, 9.17) is 4.74 Å². The Bertz CT molecular complexity index is 944. The summed E-state index contributed by atoms with van der Waals surface area (Å²) in [6.07, 6.45) is 0.593. The number of methoxy groups -OCH3 is 1. The average Bonchev–Trinajstić information content (AvgIpc) is 2.71. The number of carbonyl (C=O) groups excluding carboxylic acids is 1. The Labute approximate surface area is 160 Å². The summed E-state index contributed by atoms with van der Waals surface area (Å²) in [7, 11) is 1.59. The molecule has 0 spiro atoms. The zero-order valence-corrected chi connectivity index (χ0v) is 15.1. The van der Waals surface area contributed by atoms with Gasteiger partial charge >= 0.3 is 0 Å². The van der Waals surface area contributed by atoms with Crippen molar-refractivity contribution < 1.29 is 18.3 Å². The standard InChI is InChI=1S/C20H18F2N4O2/c1-28-17-8-3-2-5-13(17)11-12-23-20(27)16-9-10-18(26-25-16)24-19-14(21)6-4-7-15(19)22/h2-10H,11-12H2,1H3,(H,23,27)(H,24,26). The van der Waals surface area contributed by atoms with Crippen LogP contribution in [0.1, 0.15) is 16.1 Å². The summed E-state index contributed by atoms with van der Waals surface area (Å²) < 4.78 is 32.6. The van der Waals surface area contributed by atoms with Gasteiger partial charge in [-0.05, 0) is 42.3 Å². The van der Waals surface area contributed by atoms with Crippen LogP contribution in [-0.2, 0) is 6.42 Å². The second kappa shape index (κ2) is 8.90. The van der Waals surface area contributed by atoms with Crippen molar-refractivity contribution in [3.63, 3.8) is 0 Å². The van der Waals surface area contributed by atoms with Crippen LogP contribution in [0.15, 0.2) is 54.6 Å². The Hall–Kier alpha value is -3.55. The Morgan fingerprint density at radius 1 is 1.00 bits per heavy atom. The molecule has 2 N–H and O–H groups in total. The molecular weight excluding hydrogens is 366 g/mol. The van der Waals surface area contributed by atoms with Crippen molar-refractivity contribution in [2.45, 2.75) is 6.42 Å². The summed E-state index contributed by atoms with van der Waals surface area (Å²) in [5.41, 5.74) is 0.744. The number of benzene rings is 2. The first-order chi connectivity index (χ1) is 13.6. The van der Waals surface area contributed by atoms with Gasteiger partial charge in [-0.3, -0.25) is 4.79 Å². The second-order valence-corrected chi connectivity index (χ2v) is 5.84. The lowest BCUT2D eigenvalue weighted by Crippen LogP contribution is -2.27. The molecule has 0 aliphatic carbocycles. The van der Waals surface area contributed by atoms with Gasteiger partial charge in [0.25, 0.3) is 5.91 Å². The molecule has 0 atom stereocenters. The van der Waals surface area contributed by atoms with E-state index in [1.807, 2.05) is 24.3 Å². The molecule has 1 amide bonds. The Kier molecular flexibility index (Phi) is 6.11. The fourth-order valence-electron chi connectivity index (χ4n) is 2.58. The normalized spacial score (nSPS) is 10.4. The van der Waals surface area contributed by atoms with Gasteiger partial charge in [-0.2, -0.15) is 0 Å². The van der Waals surface area contributed by atoms with Gasteiger partial charge in [0.1, 0.15) is 23.1 Å².